The number of pyridine rings is 1. The van der Waals surface area contributed by atoms with Crippen molar-refractivity contribution >= 4 is 39.0 Å². The SMILES string of the molecule is CC(C)CB(O)O.CC(C)Cc1cc(Br)ncc1Br. The van der Waals surface area contributed by atoms with Crippen LogP contribution in [0, 0.1) is 11.8 Å². The first-order valence-electron chi connectivity index (χ1n) is 6.38. The number of hydrogen-bond donors (Lipinski definition) is 2. The van der Waals surface area contributed by atoms with Gasteiger partial charge in [-0.3, -0.25) is 0 Å². The van der Waals surface area contributed by atoms with Gasteiger partial charge in [-0.25, -0.2) is 4.98 Å². The fraction of sp³-hybridized carbons (Fsp3) is 0.615. The van der Waals surface area contributed by atoms with Gasteiger partial charge >= 0.3 is 7.12 Å². The van der Waals surface area contributed by atoms with Gasteiger partial charge in [-0.2, -0.15) is 0 Å². The van der Waals surface area contributed by atoms with Crippen molar-refractivity contribution in [2.24, 2.45) is 11.8 Å². The Morgan fingerprint density at radius 3 is 2.11 bits per heavy atom. The minimum Gasteiger partial charge on any atom is -0.427 e. The molecule has 0 amide bonds. The molecule has 0 saturated carbocycles. The Kier molecular flexibility index (Phi) is 9.96. The van der Waals surface area contributed by atoms with E-state index in [1.165, 1.54) is 5.56 Å². The molecule has 108 valence electrons. The molecule has 0 atom stereocenters. The third kappa shape index (κ3) is 10.5. The number of rotatable bonds is 4. The summed E-state index contributed by atoms with van der Waals surface area (Å²) in [5, 5.41) is 16.6. The summed E-state index contributed by atoms with van der Waals surface area (Å²) in [6.07, 6.45) is 3.39. The Bertz CT molecular complexity index is 368. The van der Waals surface area contributed by atoms with Crippen molar-refractivity contribution in [3.8, 4) is 0 Å². The summed E-state index contributed by atoms with van der Waals surface area (Å²) in [5.41, 5.74) is 1.31. The molecule has 1 heterocycles. The lowest BCUT2D eigenvalue weighted by Crippen LogP contribution is -2.12. The van der Waals surface area contributed by atoms with Crippen LogP contribution in [0.1, 0.15) is 33.3 Å². The Labute approximate surface area is 133 Å². The summed E-state index contributed by atoms with van der Waals surface area (Å²) in [6.45, 7) is 8.31. The smallest absolute Gasteiger partial charge is 0.427 e. The predicted octanol–water partition coefficient (Wildman–Crippen LogP) is 3.92. The number of aromatic nitrogens is 1. The van der Waals surface area contributed by atoms with Crippen LogP contribution in [-0.4, -0.2) is 22.2 Å². The van der Waals surface area contributed by atoms with E-state index in [1.807, 2.05) is 20.0 Å². The van der Waals surface area contributed by atoms with Crippen molar-refractivity contribution in [1.82, 2.24) is 4.98 Å². The van der Waals surface area contributed by atoms with Crippen LogP contribution in [0.4, 0.5) is 0 Å². The summed E-state index contributed by atoms with van der Waals surface area (Å²) >= 11 is 6.83. The molecule has 2 N–H and O–H groups in total. The fourth-order valence-corrected chi connectivity index (χ4v) is 2.23. The molecule has 1 aromatic heterocycles. The van der Waals surface area contributed by atoms with Crippen molar-refractivity contribution in [2.75, 3.05) is 0 Å². The van der Waals surface area contributed by atoms with Crippen molar-refractivity contribution in [2.45, 2.75) is 40.4 Å². The Balaban J connectivity index is 0.000000399. The minimum atomic E-state index is -1.13. The van der Waals surface area contributed by atoms with Crippen LogP contribution in [0.2, 0.25) is 6.32 Å². The summed E-state index contributed by atoms with van der Waals surface area (Å²) < 4.78 is 2.00. The second kappa shape index (κ2) is 9.91. The summed E-state index contributed by atoms with van der Waals surface area (Å²) in [6, 6.07) is 2.06. The summed E-state index contributed by atoms with van der Waals surface area (Å²) in [7, 11) is -1.13. The maximum Gasteiger partial charge on any atom is 0.451 e. The Morgan fingerprint density at radius 2 is 1.74 bits per heavy atom. The summed E-state index contributed by atoms with van der Waals surface area (Å²) in [5.74, 6) is 1.05. The molecular formula is C13H22BBr2NO2. The van der Waals surface area contributed by atoms with Crippen molar-refractivity contribution < 1.29 is 10.0 Å². The quantitative estimate of drug-likeness (QED) is 0.601. The first-order chi connectivity index (χ1) is 8.72. The van der Waals surface area contributed by atoms with Gasteiger partial charge in [0, 0.05) is 10.7 Å². The lowest BCUT2D eigenvalue weighted by atomic mass is 9.80. The normalized spacial score (nSPS) is 10.4. The molecule has 1 rings (SSSR count). The second-order valence-corrected chi connectivity index (χ2v) is 6.97. The fourth-order valence-electron chi connectivity index (χ4n) is 1.47. The van der Waals surface area contributed by atoms with Gasteiger partial charge in [-0.1, -0.05) is 27.7 Å². The molecule has 0 bridgehead atoms. The molecule has 0 spiro atoms. The van der Waals surface area contributed by atoms with Crippen molar-refractivity contribution in [1.29, 1.82) is 0 Å². The largest absolute Gasteiger partial charge is 0.451 e. The van der Waals surface area contributed by atoms with E-state index in [0.29, 0.717) is 18.2 Å². The van der Waals surface area contributed by atoms with E-state index in [2.05, 4.69) is 56.8 Å². The van der Waals surface area contributed by atoms with Gasteiger partial charge in [0.25, 0.3) is 0 Å². The number of nitrogens with zero attached hydrogens (tertiary/aromatic N) is 1. The van der Waals surface area contributed by atoms with Gasteiger partial charge < -0.3 is 10.0 Å². The highest BCUT2D eigenvalue weighted by atomic mass is 79.9. The molecule has 6 heteroatoms. The molecule has 0 aromatic carbocycles. The zero-order chi connectivity index (χ0) is 15.0. The van der Waals surface area contributed by atoms with E-state index in [1.54, 1.807) is 0 Å². The third-order valence-corrected chi connectivity index (χ3v) is 3.36. The first-order valence-corrected chi connectivity index (χ1v) is 7.97. The van der Waals surface area contributed by atoms with Crippen LogP contribution in [0.15, 0.2) is 21.3 Å². The van der Waals surface area contributed by atoms with Gasteiger partial charge in [0.1, 0.15) is 4.60 Å². The van der Waals surface area contributed by atoms with E-state index < -0.39 is 7.12 Å². The predicted molar refractivity (Wildman–Crippen MR) is 88.0 cm³/mol. The van der Waals surface area contributed by atoms with Crippen LogP contribution in [0.25, 0.3) is 0 Å². The summed E-state index contributed by atoms with van der Waals surface area (Å²) in [4.78, 5) is 4.12. The van der Waals surface area contributed by atoms with E-state index in [4.69, 9.17) is 10.0 Å². The lowest BCUT2D eigenvalue weighted by molar-refractivity contribution is 0.394. The second-order valence-electron chi connectivity index (χ2n) is 5.31. The topological polar surface area (TPSA) is 53.4 Å². The molecule has 0 aliphatic heterocycles. The third-order valence-electron chi connectivity index (χ3n) is 2.21. The molecule has 0 fully saturated rings. The number of hydrogen-bond acceptors (Lipinski definition) is 3. The molecule has 3 nitrogen and oxygen atoms in total. The molecule has 0 aliphatic rings. The van der Waals surface area contributed by atoms with Crippen LogP contribution in [0.5, 0.6) is 0 Å². The van der Waals surface area contributed by atoms with Crippen molar-refractivity contribution in [3.63, 3.8) is 0 Å². The maximum atomic E-state index is 8.28. The maximum absolute atomic E-state index is 8.28. The zero-order valence-electron chi connectivity index (χ0n) is 11.9. The van der Waals surface area contributed by atoms with E-state index in [9.17, 15) is 0 Å². The molecule has 0 aliphatic carbocycles. The van der Waals surface area contributed by atoms with Crippen molar-refractivity contribution in [3.05, 3.63) is 26.9 Å². The van der Waals surface area contributed by atoms with E-state index in [-0.39, 0.29) is 0 Å². The highest BCUT2D eigenvalue weighted by Gasteiger charge is 2.07. The highest BCUT2D eigenvalue weighted by Crippen LogP contribution is 2.21. The monoisotopic (exact) mass is 393 g/mol. The standard InChI is InChI=1S/C9H11Br2N.C4H11BO2/c1-6(2)3-7-4-9(11)12-5-8(7)10;1-4(2)3-5(6)7/h4-6H,3H2,1-2H3;4,6-7H,3H2,1-2H3. The highest BCUT2D eigenvalue weighted by molar-refractivity contribution is 9.11. The van der Waals surface area contributed by atoms with Gasteiger partial charge in [-0.05, 0) is 68.1 Å². The molecule has 0 saturated heterocycles. The zero-order valence-corrected chi connectivity index (χ0v) is 15.1. The average Bonchev–Trinajstić information content (AvgIpc) is 2.21. The Hall–Kier alpha value is 0.0949. The van der Waals surface area contributed by atoms with Crippen LogP contribution < -0.4 is 0 Å². The lowest BCUT2D eigenvalue weighted by Gasteiger charge is -2.06. The number of halogens is 2. The molecule has 1 aromatic rings. The van der Waals surface area contributed by atoms with Gasteiger partial charge in [0.15, 0.2) is 0 Å². The molecule has 0 unspecified atom stereocenters. The Morgan fingerprint density at radius 1 is 1.16 bits per heavy atom. The molecule has 0 radical (unpaired) electrons. The van der Waals surface area contributed by atoms with Gasteiger partial charge in [0.05, 0.1) is 0 Å². The van der Waals surface area contributed by atoms with Gasteiger partial charge in [0.2, 0.25) is 0 Å². The van der Waals surface area contributed by atoms with Crippen LogP contribution >= 0.6 is 31.9 Å². The van der Waals surface area contributed by atoms with Gasteiger partial charge in [-0.15, -0.1) is 0 Å². The first kappa shape index (κ1) is 19.1. The average molecular weight is 395 g/mol. The molecular weight excluding hydrogens is 373 g/mol. The van der Waals surface area contributed by atoms with E-state index in [0.717, 1.165) is 15.5 Å². The van der Waals surface area contributed by atoms with E-state index >= 15 is 0 Å². The minimum absolute atomic E-state index is 0.375. The van der Waals surface area contributed by atoms with Crippen LogP contribution in [-0.2, 0) is 6.42 Å². The molecule has 19 heavy (non-hydrogen) atoms. The van der Waals surface area contributed by atoms with Crippen LogP contribution in [0.3, 0.4) is 0 Å².